The van der Waals surface area contributed by atoms with E-state index in [0.29, 0.717) is 17.4 Å². The van der Waals surface area contributed by atoms with E-state index in [1.54, 1.807) is 19.0 Å². The molecule has 104 valence electrons. The van der Waals surface area contributed by atoms with Crippen molar-refractivity contribution in [2.75, 3.05) is 14.2 Å². The lowest BCUT2D eigenvalue weighted by Gasteiger charge is -2.11. The highest BCUT2D eigenvalue weighted by Crippen LogP contribution is 2.45. The Morgan fingerprint density at radius 2 is 1.42 bits per heavy atom. The summed E-state index contributed by atoms with van der Waals surface area (Å²) in [5, 5.41) is 8.98. The van der Waals surface area contributed by atoms with Gasteiger partial charge < -0.3 is 9.47 Å². The SMILES string of the molecule is COc1c(OC)c(Br)c2nn(CC(C)C)nc2c1Br. The van der Waals surface area contributed by atoms with Crippen LogP contribution in [0.25, 0.3) is 11.0 Å². The molecule has 0 amide bonds. The summed E-state index contributed by atoms with van der Waals surface area (Å²) in [5.41, 5.74) is 1.51. The Hall–Kier alpha value is -0.820. The molecule has 0 aliphatic rings. The topological polar surface area (TPSA) is 49.2 Å². The highest BCUT2D eigenvalue weighted by Gasteiger charge is 2.22. The van der Waals surface area contributed by atoms with Crippen LogP contribution < -0.4 is 9.47 Å². The molecule has 0 saturated heterocycles. The van der Waals surface area contributed by atoms with Crippen molar-refractivity contribution in [1.29, 1.82) is 0 Å². The minimum atomic E-state index is 0.475. The van der Waals surface area contributed by atoms with Crippen molar-refractivity contribution in [3.8, 4) is 11.5 Å². The summed E-state index contributed by atoms with van der Waals surface area (Å²) in [6.07, 6.45) is 0. The predicted octanol–water partition coefficient (Wildman–Crippen LogP) is 3.63. The fourth-order valence-electron chi connectivity index (χ4n) is 1.83. The minimum Gasteiger partial charge on any atom is -0.492 e. The first kappa shape index (κ1) is 14.6. The molecule has 0 aliphatic heterocycles. The smallest absolute Gasteiger partial charge is 0.178 e. The summed E-state index contributed by atoms with van der Waals surface area (Å²) in [6.45, 7) is 5.01. The molecule has 0 aliphatic carbocycles. The van der Waals surface area contributed by atoms with Crippen LogP contribution in [0.1, 0.15) is 13.8 Å². The van der Waals surface area contributed by atoms with Crippen LogP contribution in [-0.2, 0) is 6.54 Å². The summed E-state index contributed by atoms with van der Waals surface area (Å²) in [5.74, 6) is 1.69. The molecule has 1 aromatic carbocycles. The van der Waals surface area contributed by atoms with E-state index in [4.69, 9.17) is 9.47 Å². The number of nitrogens with zero attached hydrogens (tertiary/aromatic N) is 3. The lowest BCUT2D eigenvalue weighted by Crippen LogP contribution is -2.07. The van der Waals surface area contributed by atoms with Gasteiger partial charge in [0.05, 0.1) is 29.7 Å². The Labute approximate surface area is 128 Å². The van der Waals surface area contributed by atoms with Gasteiger partial charge in [0.2, 0.25) is 0 Å². The molecule has 7 heteroatoms. The van der Waals surface area contributed by atoms with Crippen molar-refractivity contribution in [1.82, 2.24) is 15.0 Å². The fraction of sp³-hybridized carbons (Fsp3) is 0.500. The van der Waals surface area contributed by atoms with E-state index < -0.39 is 0 Å². The van der Waals surface area contributed by atoms with E-state index in [0.717, 1.165) is 26.5 Å². The van der Waals surface area contributed by atoms with E-state index >= 15 is 0 Å². The molecule has 1 aromatic heterocycles. The zero-order valence-corrected chi connectivity index (χ0v) is 14.4. The second-order valence-corrected chi connectivity index (χ2v) is 6.13. The van der Waals surface area contributed by atoms with Gasteiger partial charge in [0, 0.05) is 0 Å². The number of rotatable bonds is 4. The second-order valence-electron chi connectivity index (χ2n) is 4.54. The van der Waals surface area contributed by atoms with Crippen molar-refractivity contribution in [2.45, 2.75) is 20.4 Å². The van der Waals surface area contributed by atoms with Gasteiger partial charge in [-0.05, 0) is 37.8 Å². The lowest BCUT2D eigenvalue weighted by atomic mass is 10.2. The Balaban J connectivity index is 2.70. The van der Waals surface area contributed by atoms with Crippen LogP contribution in [0.5, 0.6) is 11.5 Å². The van der Waals surface area contributed by atoms with Gasteiger partial charge in [0.25, 0.3) is 0 Å². The van der Waals surface area contributed by atoms with Gasteiger partial charge in [0.15, 0.2) is 11.5 Å². The molecule has 0 bridgehead atoms. The van der Waals surface area contributed by atoms with E-state index in [1.807, 2.05) is 0 Å². The van der Waals surface area contributed by atoms with Gasteiger partial charge in [-0.15, -0.1) is 0 Å². The van der Waals surface area contributed by atoms with E-state index in [2.05, 4.69) is 55.9 Å². The number of fused-ring (bicyclic) bond motifs is 1. The summed E-state index contributed by atoms with van der Waals surface area (Å²) in [7, 11) is 3.19. The van der Waals surface area contributed by atoms with Crippen LogP contribution in [0.15, 0.2) is 8.95 Å². The van der Waals surface area contributed by atoms with E-state index in [-0.39, 0.29) is 0 Å². The first-order valence-corrected chi connectivity index (χ1v) is 7.42. The van der Waals surface area contributed by atoms with Crippen molar-refractivity contribution in [2.24, 2.45) is 5.92 Å². The maximum absolute atomic E-state index is 5.37. The van der Waals surface area contributed by atoms with Crippen LogP contribution >= 0.6 is 31.9 Å². The maximum Gasteiger partial charge on any atom is 0.178 e. The lowest BCUT2D eigenvalue weighted by molar-refractivity contribution is 0.352. The molecule has 0 radical (unpaired) electrons. The zero-order chi connectivity index (χ0) is 14.2. The van der Waals surface area contributed by atoms with Gasteiger partial charge in [-0.3, -0.25) is 0 Å². The first-order valence-electron chi connectivity index (χ1n) is 5.83. The molecule has 1 heterocycles. The molecule has 2 aromatic rings. The highest BCUT2D eigenvalue weighted by molar-refractivity contribution is 9.11. The van der Waals surface area contributed by atoms with Gasteiger partial charge in [0.1, 0.15) is 11.0 Å². The second kappa shape index (κ2) is 5.66. The fourth-order valence-corrected chi connectivity index (χ4v) is 3.05. The molecule has 0 N–H and O–H groups in total. The number of hydrogen-bond donors (Lipinski definition) is 0. The molecule has 0 spiro atoms. The Bertz CT molecular complexity index is 564. The minimum absolute atomic E-state index is 0.475. The summed E-state index contributed by atoms with van der Waals surface area (Å²) >= 11 is 7.01. The van der Waals surface area contributed by atoms with Crippen molar-refractivity contribution in [3.05, 3.63) is 8.95 Å². The molecule has 0 unspecified atom stereocenters. The molecular formula is C12H15Br2N3O2. The predicted molar refractivity (Wildman–Crippen MR) is 80.9 cm³/mol. The summed E-state index contributed by atoms with van der Waals surface area (Å²) in [4.78, 5) is 1.70. The molecule has 0 fully saturated rings. The highest BCUT2D eigenvalue weighted by atomic mass is 79.9. The third-order valence-corrected chi connectivity index (χ3v) is 4.08. The third kappa shape index (κ3) is 2.58. The van der Waals surface area contributed by atoms with Gasteiger partial charge in [-0.25, -0.2) is 0 Å². The normalized spacial score (nSPS) is 11.3. The van der Waals surface area contributed by atoms with Crippen molar-refractivity contribution >= 4 is 42.9 Å². The number of ether oxygens (including phenoxy) is 2. The monoisotopic (exact) mass is 391 g/mol. The zero-order valence-electron chi connectivity index (χ0n) is 11.2. The number of aromatic nitrogens is 3. The molecular weight excluding hydrogens is 378 g/mol. The summed E-state index contributed by atoms with van der Waals surface area (Å²) in [6, 6.07) is 0. The van der Waals surface area contributed by atoms with Crippen LogP contribution in [0.4, 0.5) is 0 Å². The Morgan fingerprint density at radius 1 is 1.00 bits per heavy atom. The van der Waals surface area contributed by atoms with E-state index in [9.17, 15) is 0 Å². The average molecular weight is 393 g/mol. The maximum atomic E-state index is 5.37. The van der Waals surface area contributed by atoms with Gasteiger partial charge >= 0.3 is 0 Å². The number of hydrogen-bond acceptors (Lipinski definition) is 4. The molecule has 19 heavy (non-hydrogen) atoms. The van der Waals surface area contributed by atoms with Crippen molar-refractivity contribution in [3.63, 3.8) is 0 Å². The van der Waals surface area contributed by atoms with Crippen LogP contribution in [0.2, 0.25) is 0 Å². The largest absolute Gasteiger partial charge is 0.492 e. The third-order valence-electron chi connectivity index (χ3n) is 2.61. The van der Waals surface area contributed by atoms with Gasteiger partial charge in [-0.2, -0.15) is 15.0 Å². The summed E-state index contributed by atoms with van der Waals surface area (Å²) < 4.78 is 12.2. The van der Waals surface area contributed by atoms with Crippen LogP contribution in [0.3, 0.4) is 0 Å². The average Bonchev–Trinajstić information content (AvgIpc) is 2.76. The van der Waals surface area contributed by atoms with Crippen LogP contribution in [0, 0.1) is 5.92 Å². The molecule has 0 atom stereocenters. The quantitative estimate of drug-likeness (QED) is 0.797. The van der Waals surface area contributed by atoms with E-state index in [1.165, 1.54) is 0 Å². The van der Waals surface area contributed by atoms with Crippen LogP contribution in [-0.4, -0.2) is 29.2 Å². The number of halogens is 2. The first-order chi connectivity index (χ1) is 8.99. The standard InChI is InChI=1S/C12H15Br2N3O2/c1-6(2)5-17-15-9-7(13)11(18-3)12(19-4)8(14)10(9)16-17/h6H,5H2,1-4H3. The molecule has 2 rings (SSSR count). The molecule has 0 saturated carbocycles. The number of methoxy groups -OCH3 is 2. The Morgan fingerprint density at radius 3 is 1.74 bits per heavy atom. The van der Waals surface area contributed by atoms with Crippen molar-refractivity contribution < 1.29 is 9.47 Å². The molecule has 5 nitrogen and oxygen atoms in total. The number of benzene rings is 1. The Kier molecular flexibility index (Phi) is 4.35. The van der Waals surface area contributed by atoms with Gasteiger partial charge in [-0.1, -0.05) is 13.8 Å².